The minimum atomic E-state index is -4.44. The van der Waals surface area contributed by atoms with Gasteiger partial charge < -0.3 is 10.1 Å². The first-order valence-corrected chi connectivity index (χ1v) is 7.07. The number of nitrogens with one attached hydrogen (secondary N) is 1. The smallest absolute Gasteiger partial charge is 0.405 e. The SMILES string of the molecule is CN(Cc1ccc(C(=O)NCC(F)(F)F)cc1)[C@H]1CCOC1=O. The number of carbonyl (C=O) groups excluding carboxylic acids is 2. The van der Waals surface area contributed by atoms with Crippen molar-refractivity contribution < 1.29 is 27.5 Å². The number of halogens is 3. The molecular weight excluding hydrogens is 313 g/mol. The number of likely N-dealkylation sites (N-methyl/N-ethyl adjacent to an activating group) is 1. The van der Waals surface area contributed by atoms with Gasteiger partial charge in [0.15, 0.2) is 0 Å². The summed E-state index contributed by atoms with van der Waals surface area (Å²) in [6.07, 6.45) is -3.80. The number of hydrogen-bond donors (Lipinski definition) is 1. The van der Waals surface area contributed by atoms with Crippen LogP contribution in [-0.4, -0.2) is 49.2 Å². The zero-order chi connectivity index (χ0) is 17.0. The standard InChI is InChI=1S/C15H17F3N2O3/c1-20(12-6-7-23-14(12)22)8-10-2-4-11(5-3-10)13(21)19-9-15(16,17)18/h2-5,12H,6-9H2,1H3,(H,19,21)/t12-/m0/s1. The number of ether oxygens (including phenoxy) is 1. The quantitative estimate of drug-likeness (QED) is 0.836. The van der Waals surface area contributed by atoms with Gasteiger partial charge in [0, 0.05) is 18.5 Å². The lowest BCUT2D eigenvalue weighted by Crippen LogP contribution is -2.35. The van der Waals surface area contributed by atoms with Crippen molar-refractivity contribution in [3.63, 3.8) is 0 Å². The monoisotopic (exact) mass is 330 g/mol. The van der Waals surface area contributed by atoms with Crippen LogP contribution in [-0.2, 0) is 16.1 Å². The van der Waals surface area contributed by atoms with Crippen molar-refractivity contribution in [2.75, 3.05) is 20.2 Å². The number of alkyl halides is 3. The molecule has 1 aromatic carbocycles. The Bertz CT molecular complexity index is 572. The zero-order valence-electron chi connectivity index (χ0n) is 12.5. The van der Waals surface area contributed by atoms with Crippen molar-refractivity contribution in [3.8, 4) is 0 Å². The van der Waals surface area contributed by atoms with Crippen molar-refractivity contribution in [3.05, 3.63) is 35.4 Å². The Morgan fingerprint density at radius 3 is 2.52 bits per heavy atom. The third-order valence-electron chi connectivity index (χ3n) is 3.54. The van der Waals surface area contributed by atoms with Gasteiger partial charge in [0.25, 0.3) is 5.91 Å². The maximum Gasteiger partial charge on any atom is 0.405 e. The summed E-state index contributed by atoms with van der Waals surface area (Å²) in [7, 11) is 1.79. The van der Waals surface area contributed by atoms with E-state index in [1.807, 2.05) is 10.2 Å². The number of carbonyl (C=O) groups is 2. The molecule has 1 aliphatic heterocycles. The number of esters is 1. The molecule has 2 rings (SSSR count). The van der Waals surface area contributed by atoms with Crippen LogP contribution in [0.3, 0.4) is 0 Å². The molecule has 0 unspecified atom stereocenters. The van der Waals surface area contributed by atoms with Crippen LogP contribution in [0.4, 0.5) is 13.2 Å². The van der Waals surface area contributed by atoms with Crippen LogP contribution in [0, 0.1) is 0 Å². The average molecular weight is 330 g/mol. The van der Waals surface area contributed by atoms with Gasteiger partial charge in [0.1, 0.15) is 12.6 Å². The molecule has 0 bridgehead atoms. The number of rotatable bonds is 5. The molecule has 23 heavy (non-hydrogen) atoms. The van der Waals surface area contributed by atoms with Gasteiger partial charge in [-0.3, -0.25) is 14.5 Å². The van der Waals surface area contributed by atoms with Crippen molar-refractivity contribution in [2.45, 2.75) is 25.2 Å². The Morgan fingerprint density at radius 1 is 1.35 bits per heavy atom. The predicted octanol–water partition coefficient (Wildman–Crippen LogP) is 1.73. The molecule has 1 N–H and O–H groups in total. The van der Waals surface area contributed by atoms with Gasteiger partial charge in [-0.1, -0.05) is 12.1 Å². The van der Waals surface area contributed by atoms with E-state index in [0.29, 0.717) is 19.6 Å². The van der Waals surface area contributed by atoms with Crippen molar-refractivity contribution in [1.29, 1.82) is 0 Å². The van der Waals surface area contributed by atoms with Gasteiger partial charge in [-0.15, -0.1) is 0 Å². The van der Waals surface area contributed by atoms with Gasteiger partial charge in [-0.25, -0.2) is 0 Å². The lowest BCUT2D eigenvalue weighted by Gasteiger charge is -2.20. The van der Waals surface area contributed by atoms with Crippen LogP contribution in [0.2, 0.25) is 0 Å². The summed E-state index contributed by atoms with van der Waals surface area (Å²) in [5, 5.41) is 1.81. The molecule has 0 aliphatic carbocycles. The average Bonchev–Trinajstić information content (AvgIpc) is 2.91. The van der Waals surface area contributed by atoms with Crippen molar-refractivity contribution >= 4 is 11.9 Å². The molecular formula is C15H17F3N2O3. The van der Waals surface area contributed by atoms with E-state index in [4.69, 9.17) is 4.74 Å². The van der Waals surface area contributed by atoms with Crippen LogP contribution in [0.25, 0.3) is 0 Å². The zero-order valence-corrected chi connectivity index (χ0v) is 12.5. The highest BCUT2D eigenvalue weighted by Crippen LogP contribution is 2.16. The second kappa shape index (κ2) is 6.99. The third kappa shape index (κ3) is 4.95. The molecule has 1 heterocycles. The number of benzene rings is 1. The van der Waals surface area contributed by atoms with E-state index in [1.54, 1.807) is 19.2 Å². The van der Waals surface area contributed by atoms with Crippen LogP contribution in [0.1, 0.15) is 22.3 Å². The van der Waals surface area contributed by atoms with Crippen LogP contribution >= 0.6 is 0 Å². The molecule has 0 saturated carbocycles. The molecule has 0 aromatic heterocycles. The number of amides is 1. The number of cyclic esters (lactones) is 1. The van der Waals surface area contributed by atoms with Gasteiger partial charge in [-0.2, -0.15) is 13.2 Å². The summed E-state index contributed by atoms with van der Waals surface area (Å²) < 4.78 is 41.1. The van der Waals surface area contributed by atoms with E-state index in [2.05, 4.69) is 0 Å². The van der Waals surface area contributed by atoms with E-state index in [-0.39, 0.29) is 17.6 Å². The topological polar surface area (TPSA) is 58.6 Å². The molecule has 1 amide bonds. The second-order valence-electron chi connectivity index (χ2n) is 5.38. The number of nitrogens with zero attached hydrogens (tertiary/aromatic N) is 1. The largest absolute Gasteiger partial charge is 0.464 e. The van der Waals surface area contributed by atoms with Gasteiger partial charge >= 0.3 is 12.1 Å². The van der Waals surface area contributed by atoms with Crippen LogP contribution in [0.15, 0.2) is 24.3 Å². The normalized spacial score (nSPS) is 18.1. The first kappa shape index (κ1) is 17.3. The minimum absolute atomic E-state index is 0.154. The molecule has 1 saturated heterocycles. The summed E-state index contributed by atoms with van der Waals surface area (Å²) in [6, 6.07) is 5.94. The maximum absolute atomic E-state index is 12.1. The van der Waals surface area contributed by atoms with E-state index in [1.165, 1.54) is 12.1 Å². The van der Waals surface area contributed by atoms with Gasteiger partial charge in [0.2, 0.25) is 0 Å². The number of hydrogen-bond acceptors (Lipinski definition) is 4. The Balaban J connectivity index is 1.91. The van der Waals surface area contributed by atoms with Crippen molar-refractivity contribution in [2.24, 2.45) is 0 Å². The molecule has 5 nitrogen and oxygen atoms in total. The summed E-state index contributed by atoms with van der Waals surface area (Å²) in [5.74, 6) is -1.03. The first-order chi connectivity index (χ1) is 10.8. The Labute approximate surface area is 131 Å². The molecule has 0 spiro atoms. The Morgan fingerprint density at radius 2 is 2.00 bits per heavy atom. The fourth-order valence-electron chi connectivity index (χ4n) is 2.33. The van der Waals surface area contributed by atoms with Crippen molar-refractivity contribution in [1.82, 2.24) is 10.2 Å². The molecule has 126 valence electrons. The highest BCUT2D eigenvalue weighted by molar-refractivity contribution is 5.94. The third-order valence-corrected chi connectivity index (χ3v) is 3.54. The maximum atomic E-state index is 12.1. The van der Waals surface area contributed by atoms with Gasteiger partial charge in [0.05, 0.1) is 6.61 Å². The summed E-state index contributed by atoms with van der Waals surface area (Å²) >= 11 is 0. The molecule has 0 radical (unpaired) electrons. The lowest BCUT2D eigenvalue weighted by molar-refractivity contribution is -0.142. The molecule has 1 aromatic rings. The highest BCUT2D eigenvalue weighted by atomic mass is 19.4. The van der Waals surface area contributed by atoms with Gasteiger partial charge in [-0.05, 0) is 24.7 Å². The molecule has 1 atom stereocenters. The van der Waals surface area contributed by atoms with E-state index >= 15 is 0 Å². The summed E-state index contributed by atoms with van der Waals surface area (Å²) in [5.41, 5.74) is 1.00. The van der Waals surface area contributed by atoms with Crippen LogP contribution in [0.5, 0.6) is 0 Å². The Hall–Kier alpha value is -2.09. The predicted molar refractivity (Wildman–Crippen MR) is 75.7 cm³/mol. The van der Waals surface area contributed by atoms with Crippen LogP contribution < -0.4 is 5.32 Å². The van der Waals surface area contributed by atoms with E-state index < -0.39 is 18.6 Å². The molecule has 8 heteroatoms. The second-order valence-corrected chi connectivity index (χ2v) is 5.38. The fraction of sp³-hybridized carbons (Fsp3) is 0.467. The van der Waals surface area contributed by atoms with E-state index in [9.17, 15) is 22.8 Å². The highest BCUT2D eigenvalue weighted by Gasteiger charge is 2.30. The molecule has 1 aliphatic rings. The Kier molecular flexibility index (Phi) is 5.25. The minimum Gasteiger partial charge on any atom is -0.464 e. The molecule has 1 fully saturated rings. The fourth-order valence-corrected chi connectivity index (χ4v) is 2.33. The van der Waals surface area contributed by atoms with E-state index in [0.717, 1.165) is 5.56 Å². The summed E-state index contributed by atoms with van der Waals surface area (Å²) in [4.78, 5) is 24.9. The lowest BCUT2D eigenvalue weighted by atomic mass is 10.1. The first-order valence-electron chi connectivity index (χ1n) is 7.07. The summed E-state index contributed by atoms with van der Waals surface area (Å²) in [6.45, 7) is -0.476.